The van der Waals surface area contributed by atoms with Gasteiger partial charge in [-0.05, 0) is 42.3 Å². The average Bonchev–Trinajstić information content (AvgIpc) is 2.66. The number of aromatic hydroxyl groups is 1. The number of rotatable bonds is 1. The van der Waals surface area contributed by atoms with Crippen molar-refractivity contribution in [2.45, 2.75) is 6.92 Å². The molecule has 0 saturated carbocycles. The SMILES string of the molecule is Cc1cc(O)cc2c1C(=O)C(=Cc1cccc(F)c1)O2. The van der Waals surface area contributed by atoms with Crippen LogP contribution in [0.25, 0.3) is 6.08 Å². The third-order valence-electron chi connectivity index (χ3n) is 3.10. The molecule has 0 atom stereocenters. The van der Waals surface area contributed by atoms with Crippen LogP contribution in [0.2, 0.25) is 0 Å². The lowest BCUT2D eigenvalue weighted by Gasteiger charge is -2.01. The highest BCUT2D eigenvalue weighted by Gasteiger charge is 2.29. The van der Waals surface area contributed by atoms with Crippen molar-refractivity contribution in [3.8, 4) is 11.5 Å². The number of fused-ring (bicyclic) bond motifs is 1. The highest BCUT2D eigenvalue weighted by molar-refractivity contribution is 6.15. The van der Waals surface area contributed by atoms with E-state index < -0.39 is 0 Å². The van der Waals surface area contributed by atoms with E-state index >= 15 is 0 Å². The standard InChI is InChI=1S/C16H11FO3/c1-9-5-12(18)8-13-15(9)16(19)14(20-13)7-10-3-2-4-11(17)6-10/h2-8,18H,1H3. The predicted octanol–water partition coefficient (Wildman–Crippen LogP) is 3.46. The number of benzene rings is 2. The van der Waals surface area contributed by atoms with E-state index in [0.29, 0.717) is 22.4 Å². The van der Waals surface area contributed by atoms with Gasteiger partial charge in [0.05, 0.1) is 5.56 Å². The van der Waals surface area contributed by atoms with E-state index in [1.807, 2.05) is 0 Å². The Bertz CT molecular complexity index is 747. The van der Waals surface area contributed by atoms with Gasteiger partial charge in [0, 0.05) is 6.07 Å². The molecule has 0 bridgehead atoms. The number of hydrogen-bond acceptors (Lipinski definition) is 3. The zero-order valence-corrected chi connectivity index (χ0v) is 10.7. The molecule has 0 unspecified atom stereocenters. The molecule has 3 nitrogen and oxygen atoms in total. The topological polar surface area (TPSA) is 46.5 Å². The summed E-state index contributed by atoms with van der Waals surface area (Å²) in [4.78, 5) is 12.2. The van der Waals surface area contributed by atoms with E-state index in [1.165, 1.54) is 30.3 Å². The van der Waals surface area contributed by atoms with Gasteiger partial charge >= 0.3 is 0 Å². The maximum absolute atomic E-state index is 13.1. The molecule has 1 aliphatic heterocycles. The van der Waals surface area contributed by atoms with Crippen LogP contribution >= 0.6 is 0 Å². The number of carbonyl (C=O) groups excluding carboxylic acids is 1. The predicted molar refractivity (Wildman–Crippen MR) is 72.2 cm³/mol. The van der Waals surface area contributed by atoms with Crippen LogP contribution in [0.15, 0.2) is 42.2 Å². The van der Waals surface area contributed by atoms with E-state index in [2.05, 4.69) is 0 Å². The second-order valence-corrected chi connectivity index (χ2v) is 4.63. The first-order chi connectivity index (χ1) is 9.54. The molecule has 1 heterocycles. The normalized spacial score (nSPS) is 15.3. The number of phenols is 1. The van der Waals surface area contributed by atoms with E-state index in [4.69, 9.17) is 4.74 Å². The largest absolute Gasteiger partial charge is 0.508 e. The second kappa shape index (κ2) is 4.49. The fourth-order valence-electron chi connectivity index (χ4n) is 2.24. The molecular formula is C16H11FO3. The van der Waals surface area contributed by atoms with E-state index in [-0.39, 0.29) is 23.1 Å². The molecule has 1 N–H and O–H groups in total. The van der Waals surface area contributed by atoms with E-state index in [9.17, 15) is 14.3 Å². The number of hydrogen-bond donors (Lipinski definition) is 1. The lowest BCUT2D eigenvalue weighted by molar-refractivity contribution is 0.101. The molecule has 0 amide bonds. The van der Waals surface area contributed by atoms with Gasteiger partial charge in [-0.2, -0.15) is 0 Å². The van der Waals surface area contributed by atoms with Gasteiger partial charge in [-0.15, -0.1) is 0 Å². The molecule has 2 aromatic rings. The fraction of sp³-hybridized carbons (Fsp3) is 0.0625. The van der Waals surface area contributed by atoms with Gasteiger partial charge in [0.1, 0.15) is 17.3 Å². The van der Waals surface area contributed by atoms with E-state index in [0.717, 1.165) is 0 Å². The second-order valence-electron chi connectivity index (χ2n) is 4.63. The molecule has 20 heavy (non-hydrogen) atoms. The third kappa shape index (κ3) is 2.05. The summed E-state index contributed by atoms with van der Waals surface area (Å²) < 4.78 is 18.6. The summed E-state index contributed by atoms with van der Waals surface area (Å²) in [6.07, 6.45) is 1.49. The number of Topliss-reactive ketones (excluding diaryl/α,β-unsaturated/α-hetero) is 1. The van der Waals surface area contributed by atoms with Crippen LogP contribution in [-0.4, -0.2) is 10.9 Å². The van der Waals surface area contributed by atoms with Crippen LogP contribution in [-0.2, 0) is 0 Å². The van der Waals surface area contributed by atoms with Gasteiger partial charge in [0.25, 0.3) is 0 Å². The first-order valence-electron chi connectivity index (χ1n) is 6.08. The number of ether oxygens (including phenoxy) is 1. The number of halogens is 1. The summed E-state index contributed by atoms with van der Waals surface area (Å²) >= 11 is 0. The lowest BCUT2D eigenvalue weighted by Crippen LogP contribution is -1.99. The Morgan fingerprint density at radius 1 is 1.25 bits per heavy atom. The molecular weight excluding hydrogens is 259 g/mol. The molecule has 1 aliphatic rings. The van der Waals surface area contributed by atoms with Gasteiger partial charge in [-0.25, -0.2) is 4.39 Å². The van der Waals surface area contributed by atoms with Crippen LogP contribution in [0.1, 0.15) is 21.5 Å². The molecule has 0 radical (unpaired) electrons. The van der Waals surface area contributed by atoms with Gasteiger partial charge in [-0.1, -0.05) is 12.1 Å². The molecule has 0 aromatic heterocycles. The van der Waals surface area contributed by atoms with Gasteiger partial charge in [0.2, 0.25) is 5.78 Å². The molecule has 0 spiro atoms. The number of allylic oxidation sites excluding steroid dienone is 1. The van der Waals surface area contributed by atoms with Crippen molar-refractivity contribution in [2.24, 2.45) is 0 Å². The first kappa shape index (κ1) is 12.4. The Labute approximate surface area is 114 Å². The Kier molecular flexibility index (Phi) is 2.79. The number of phenolic OH excluding ortho intramolecular Hbond substituents is 1. The summed E-state index contributed by atoms with van der Waals surface area (Å²) in [6, 6.07) is 8.79. The Hall–Kier alpha value is -2.62. The van der Waals surface area contributed by atoms with Gasteiger partial charge < -0.3 is 9.84 Å². The fourth-order valence-corrected chi connectivity index (χ4v) is 2.24. The van der Waals surface area contributed by atoms with Gasteiger partial charge in [-0.3, -0.25) is 4.79 Å². The Morgan fingerprint density at radius 3 is 2.80 bits per heavy atom. The quantitative estimate of drug-likeness (QED) is 0.807. The zero-order chi connectivity index (χ0) is 14.3. The minimum Gasteiger partial charge on any atom is -0.508 e. The summed E-state index contributed by atoms with van der Waals surface area (Å²) in [5.74, 6) is -0.145. The zero-order valence-electron chi connectivity index (χ0n) is 10.7. The molecule has 0 aliphatic carbocycles. The molecule has 3 rings (SSSR count). The highest BCUT2D eigenvalue weighted by atomic mass is 19.1. The van der Waals surface area contributed by atoms with Crippen LogP contribution in [0.4, 0.5) is 4.39 Å². The van der Waals surface area contributed by atoms with Crippen LogP contribution in [0.5, 0.6) is 11.5 Å². The molecule has 0 saturated heterocycles. The van der Waals surface area contributed by atoms with Crippen LogP contribution < -0.4 is 4.74 Å². The lowest BCUT2D eigenvalue weighted by atomic mass is 10.0. The average molecular weight is 270 g/mol. The van der Waals surface area contributed by atoms with Crippen molar-refractivity contribution in [1.82, 2.24) is 0 Å². The number of ketones is 1. The van der Waals surface area contributed by atoms with Crippen LogP contribution in [0.3, 0.4) is 0 Å². The monoisotopic (exact) mass is 270 g/mol. The summed E-state index contributed by atoms with van der Waals surface area (Å²) in [7, 11) is 0. The maximum atomic E-state index is 13.1. The third-order valence-corrected chi connectivity index (χ3v) is 3.10. The number of aryl methyl sites for hydroxylation is 1. The molecule has 2 aromatic carbocycles. The Balaban J connectivity index is 2.04. The summed E-state index contributed by atoms with van der Waals surface area (Å²) in [6.45, 7) is 1.73. The number of carbonyl (C=O) groups is 1. The summed E-state index contributed by atoms with van der Waals surface area (Å²) in [5, 5.41) is 9.52. The highest BCUT2D eigenvalue weighted by Crippen LogP contribution is 2.37. The smallest absolute Gasteiger partial charge is 0.232 e. The van der Waals surface area contributed by atoms with Crippen molar-refractivity contribution in [3.05, 3.63) is 64.7 Å². The maximum Gasteiger partial charge on any atom is 0.232 e. The minimum atomic E-state index is -0.379. The molecule has 0 fully saturated rings. The van der Waals surface area contributed by atoms with Crippen molar-refractivity contribution in [2.75, 3.05) is 0 Å². The summed E-state index contributed by atoms with van der Waals surface area (Å²) in [5.41, 5.74) is 1.63. The Morgan fingerprint density at radius 2 is 2.05 bits per heavy atom. The van der Waals surface area contributed by atoms with Crippen molar-refractivity contribution >= 4 is 11.9 Å². The molecule has 4 heteroatoms. The van der Waals surface area contributed by atoms with Crippen molar-refractivity contribution < 1.29 is 19.0 Å². The van der Waals surface area contributed by atoms with Crippen molar-refractivity contribution in [1.29, 1.82) is 0 Å². The molecule has 100 valence electrons. The van der Waals surface area contributed by atoms with Gasteiger partial charge in [0.15, 0.2) is 5.76 Å². The minimum absolute atomic E-state index is 0.0426. The van der Waals surface area contributed by atoms with Crippen molar-refractivity contribution in [3.63, 3.8) is 0 Å². The van der Waals surface area contributed by atoms with Crippen LogP contribution in [0, 0.1) is 12.7 Å². The van der Waals surface area contributed by atoms with E-state index in [1.54, 1.807) is 19.1 Å². The first-order valence-corrected chi connectivity index (χ1v) is 6.08.